The Morgan fingerprint density at radius 3 is 2.65 bits per heavy atom. The van der Waals surface area contributed by atoms with Crippen LogP contribution in [0, 0.1) is 5.92 Å². The zero-order chi connectivity index (χ0) is 22.1. The molecule has 0 aliphatic carbocycles. The number of amides is 2. The van der Waals surface area contributed by atoms with E-state index in [1.807, 2.05) is 18.2 Å². The van der Waals surface area contributed by atoms with E-state index >= 15 is 0 Å². The largest absolute Gasteiger partial charge is 0.491 e. The van der Waals surface area contributed by atoms with Crippen molar-refractivity contribution in [3.8, 4) is 5.75 Å². The van der Waals surface area contributed by atoms with Crippen molar-refractivity contribution in [3.63, 3.8) is 0 Å². The Bertz CT molecular complexity index is 1000. The van der Waals surface area contributed by atoms with Gasteiger partial charge in [-0.25, -0.2) is 0 Å². The molecule has 1 heterocycles. The van der Waals surface area contributed by atoms with Gasteiger partial charge in [-0.15, -0.1) is 0 Å². The second-order valence-corrected chi connectivity index (χ2v) is 7.45. The second kappa shape index (κ2) is 10.9. The number of furan rings is 1. The molecule has 3 N–H and O–H groups in total. The summed E-state index contributed by atoms with van der Waals surface area (Å²) in [4.78, 5) is 24.8. The number of ether oxygens (including phenoxy) is 1. The van der Waals surface area contributed by atoms with Crippen LogP contribution in [0.15, 0.2) is 71.3 Å². The van der Waals surface area contributed by atoms with Crippen molar-refractivity contribution in [2.24, 2.45) is 5.92 Å². The molecule has 0 saturated heterocycles. The van der Waals surface area contributed by atoms with Crippen molar-refractivity contribution >= 4 is 23.2 Å². The van der Waals surface area contributed by atoms with Crippen molar-refractivity contribution in [1.29, 1.82) is 0 Å². The molecule has 0 bridgehead atoms. The van der Waals surface area contributed by atoms with E-state index in [9.17, 15) is 9.59 Å². The third-order valence-electron chi connectivity index (χ3n) is 4.31. The Morgan fingerprint density at radius 1 is 1.03 bits per heavy atom. The smallest absolute Gasteiger partial charge is 0.251 e. The van der Waals surface area contributed by atoms with E-state index in [0.717, 1.165) is 0 Å². The molecule has 162 valence electrons. The van der Waals surface area contributed by atoms with Crippen molar-refractivity contribution in [3.05, 3.63) is 78.3 Å². The Morgan fingerprint density at radius 2 is 1.87 bits per heavy atom. The summed E-state index contributed by atoms with van der Waals surface area (Å²) in [6, 6.07) is 17.9. The predicted molar refractivity (Wildman–Crippen MR) is 120 cm³/mol. The van der Waals surface area contributed by atoms with E-state index in [-0.39, 0.29) is 18.4 Å². The molecular formula is C24H27N3O4. The number of carbonyl (C=O) groups is 2. The summed E-state index contributed by atoms with van der Waals surface area (Å²) in [5.41, 5.74) is 1.79. The summed E-state index contributed by atoms with van der Waals surface area (Å²) in [6.07, 6.45) is 1.56. The molecule has 0 spiro atoms. The second-order valence-electron chi connectivity index (χ2n) is 7.45. The highest BCUT2D eigenvalue weighted by molar-refractivity contribution is 5.96. The van der Waals surface area contributed by atoms with E-state index in [1.165, 1.54) is 0 Å². The van der Waals surface area contributed by atoms with Gasteiger partial charge < -0.3 is 25.1 Å². The molecule has 31 heavy (non-hydrogen) atoms. The van der Waals surface area contributed by atoms with E-state index in [0.29, 0.717) is 47.5 Å². The summed E-state index contributed by atoms with van der Waals surface area (Å²) < 4.78 is 11.0. The van der Waals surface area contributed by atoms with Gasteiger partial charge in [0.05, 0.1) is 31.6 Å². The molecule has 1 aromatic heterocycles. The van der Waals surface area contributed by atoms with Crippen LogP contribution in [-0.4, -0.2) is 25.0 Å². The number of benzene rings is 2. The fraction of sp³-hybridized carbons (Fsp3) is 0.250. The molecule has 7 nitrogen and oxygen atoms in total. The lowest BCUT2D eigenvalue weighted by atomic mass is 10.2. The van der Waals surface area contributed by atoms with Gasteiger partial charge in [-0.2, -0.15) is 0 Å². The van der Waals surface area contributed by atoms with Gasteiger partial charge in [-0.1, -0.05) is 32.0 Å². The standard InChI is InChI=1S/C24H27N3O4/c1-17(2)16-31-22-11-4-3-10-21(22)27-23(28)15-25-19-8-5-7-18(13-19)24(29)26-14-20-9-6-12-30-20/h3-13,17,25H,14-16H2,1-2H3,(H,26,29)(H,27,28). The first kappa shape index (κ1) is 22.0. The minimum Gasteiger partial charge on any atom is -0.491 e. The molecule has 0 aliphatic heterocycles. The number of para-hydroxylation sites is 2. The highest BCUT2D eigenvalue weighted by atomic mass is 16.5. The maximum absolute atomic E-state index is 12.4. The Kier molecular flexibility index (Phi) is 7.70. The first-order valence-corrected chi connectivity index (χ1v) is 10.2. The molecule has 0 radical (unpaired) electrons. The van der Waals surface area contributed by atoms with Crippen LogP contribution in [0.3, 0.4) is 0 Å². The van der Waals surface area contributed by atoms with Crippen molar-refractivity contribution in [2.45, 2.75) is 20.4 Å². The lowest BCUT2D eigenvalue weighted by Gasteiger charge is -2.14. The molecule has 7 heteroatoms. The molecule has 0 atom stereocenters. The first-order chi connectivity index (χ1) is 15.0. The predicted octanol–water partition coefficient (Wildman–Crippen LogP) is 4.30. The van der Waals surface area contributed by atoms with Crippen molar-refractivity contribution in [2.75, 3.05) is 23.8 Å². The average Bonchev–Trinajstić information content (AvgIpc) is 3.29. The summed E-state index contributed by atoms with van der Waals surface area (Å²) in [5.74, 6) is 1.26. The molecule has 2 aromatic carbocycles. The third-order valence-corrected chi connectivity index (χ3v) is 4.31. The van der Waals surface area contributed by atoms with Gasteiger partial charge in [0.1, 0.15) is 11.5 Å². The Hall–Kier alpha value is -3.74. The van der Waals surface area contributed by atoms with Crippen LogP contribution in [-0.2, 0) is 11.3 Å². The number of hydrogen-bond acceptors (Lipinski definition) is 5. The molecule has 0 fully saturated rings. The number of nitrogens with one attached hydrogen (secondary N) is 3. The van der Waals surface area contributed by atoms with Gasteiger partial charge in [0, 0.05) is 11.3 Å². The zero-order valence-electron chi connectivity index (χ0n) is 17.7. The third kappa shape index (κ3) is 6.92. The lowest BCUT2D eigenvalue weighted by molar-refractivity contribution is -0.114. The van der Waals surface area contributed by atoms with E-state index in [2.05, 4.69) is 29.8 Å². The topological polar surface area (TPSA) is 92.6 Å². The number of rotatable bonds is 10. The molecule has 0 unspecified atom stereocenters. The van der Waals surface area contributed by atoms with Gasteiger partial charge >= 0.3 is 0 Å². The maximum atomic E-state index is 12.4. The molecule has 0 saturated carbocycles. The van der Waals surface area contributed by atoms with Crippen LogP contribution < -0.4 is 20.7 Å². The van der Waals surface area contributed by atoms with E-state index in [4.69, 9.17) is 9.15 Å². The lowest BCUT2D eigenvalue weighted by Crippen LogP contribution is -2.24. The quantitative estimate of drug-likeness (QED) is 0.454. The van der Waals surface area contributed by atoms with E-state index in [1.54, 1.807) is 48.7 Å². The van der Waals surface area contributed by atoms with Crippen LogP contribution in [0.2, 0.25) is 0 Å². The maximum Gasteiger partial charge on any atom is 0.251 e. The van der Waals surface area contributed by atoms with Crippen molar-refractivity contribution in [1.82, 2.24) is 5.32 Å². The monoisotopic (exact) mass is 421 g/mol. The summed E-state index contributed by atoms with van der Waals surface area (Å²) >= 11 is 0. The van der Waals surface area contributed by atoms with Gasteiger partial charge in [-0.05, 0) is 48.4 Å². The summed E-state index contributed by atoms with van der Waals surface area (Å²) in [5, 5.41) is 8.71. The molecule has 3 rings (SSSR count). The average molecular weight is 421 g/mol. The molecular weight excluding hydrogens is 394 g/mol. The minimum absolute atomic E-state index is 0.0516. The van der Waals surface area contributed by atoms with Crippen LogP contribution >= 0.6 is 0 Å². The molecule has 2 amide bonds. The van der Waals surface area contributed by atoms with Gasteiger partial charge in [0.15, 0.2) is 0 Å². The fourth-order valence-corrected chi connectivity index (χ4v) is 2.78. The summed E-state index contributed by atoms with van der Waals surface area (Å²) in [7, 11) is 0. The molecule has 0 aliphatic rings. The number of anilines is 2. The van der Waals surface area contributed by atoms with Crippen LogP contribution in [0.5, 0.6) is 5.75 Å². The highest BCUT2D eigenvalue weighted by Gasteiger charge is 2.10. The Labute approximate surface area is 181 Å². The molecule has 3 aromatic rings. The minimum atomic E-state index is -0.222. The summed E-state index contributed by atoms with van der Waals surface area (Å²) in [6.45, 7) is 5.06. The Balaban J connectivity index is 1.52. The zero-order valence-corrected chi connectivity index (χ0v) is 17.7. The number of carbonyl (C=O) groups excluding carboxylic acids is 2. The van der Waals surface area contributed by atoms with Gasteiger partial charge in [-0.3, -0.25) is 9.59 Å². The number of hydrogen-bond donors (Lipinski definition) is 3. The SMILES string of the molecule is CC(C)COc1ccccc1NC(=O)CNc1cccc(C(=O)NCc2ccco2)c1. The van der Waals surface area contributed by atoms with Gasteiger partial charge in [0.25, 0.3) is 5.91 Å². The van der Waals surface area contributed by atoms with Gasteiger partial charge in [0.2, 0.25) is 5.91 Å². The first-order valence-electron chi connectivity index (χ1n) is 10.2. The van der Waals surface area contributed by atoms with Crippen LogP contribution in [0.25, 0.3) is 0 Å². The fourth-order valence-electron chi connectivity index (χ4n) is 2.78. The van der Waals surface area contributed by atoms with Crippen molar-refractivity contribution < 1.29 is 18.7 Å². The van der Waals surface area contributed by atoms with Crippen LogP contribution in [0.4, 0.5) is 11.4 Å². The normalized spacial score (nSPS) is 10.5. The van der Waals surface area contributed by atoms with Crippen LogP contribution in [0.1, 0.15) is 30.0 Å². The highest BCUT2D eigenvalue weighted by Crippen LogP contribution is 2.24. The van der Waals surface area contributed by atoms with E-state index < -0.39 is 0 Å².